The molecule has 3 heterocycles. The Morgan fingerprint density at radius 3 is 2.48 bits per heavy atom. The van der Waals surface area contributed by atoms with Gasteiger partial charge in [-0.15, -0.1) is 23.4 Å². The number of alkyl halides is 1. The topological polar surface area (TPSA) is 120 Å². The molecular weight excluding hydrogens is 468 g/mol. The van der Waals surface area contributed by atoms with E-state index in [1.54, 1.807) is 13.2 Å². The van der Waals surface area contributed by atoms with E-state index in [4.69, 9.17) is 21.1 Å². The van der Waals surface area contributed by atoms with Crippen molar-refractivity contribution in [2.75, 3.05) is 19.4 Å². The number of rotatable bonds is 6. The zero-order chi connectivity index (χ0) is 23.7. The molecule has 5 N–H and O–H groups in total. The lowest BCUT2D eigenvalue weighted by Gasteiger charge is -2.44. The molecule has 0 spiro atoms. The van der Waals surface area contributed by atoms with Crippen LogP contribution >= 0.6 is 23.4 Å². The molecule has 4 fully saturated rings. The SMILES string of the molecule is CSC1O[C@H]([C@H](NC(=O)[C@H]2NC[C@@H]3C[C@H](C4CCCC4)CCO[C@H]32)[C@H](C)Cl)C(O)C(O)[C@H]1O. The van der Waals surface area contributed by atoms with Gasteiger partial charge in [-0.25, -0.2) is 0 Å². The van der Waals surface area contributed by atoms with E-state index in [0.29, 0.717) is 18.4 Å². The van der Waals surface area contributed by atoms with Gasteiger partial charge in [-0.05, 0) is 43.8 Å². The zero-order valence-electron chi connectivity index (χ0n) is 19.4. The molecule has 1 aliphatic carbocycles. The Kier molecular flexibility index (Phi) is 8.88. The average Bonchev–Trinajstić information content (AvgIpc) is 3.42. The number of carbonyl (C=O) groups excluding carboxylic acids is 1. The lowest BCUT2D eigenvalue weighted by atomic mass is 9.81. The molecule has 3 unspecified atom stereocenters. The van der Waals surface area contributed by atoms with E-state index in [1.807, 2.05) is 0 Å². The van der Waals surface area contributed by atoms with E-state index in [-0.39, 0.29) is 12.0 Å². The molecule has 0 aromatic carbocycles. The summed E-state index contributed by atoms with van der Waals surface area (Å²) < 4.78 is 12.1. The van der Waals surface area contributed by atoms with Crippen LogP contribution in [0.2, 0.25) is 0 Å². The Hall–Kier alpha value is -0.130. The first kappa shape index (κ1) is 25.9. The molecule has 0 aromatic rings. The number of carbonyl (C=O) groups is 1. The quantitative estimate of drug-likeness (QED) is 0.336. The first-order valence-corrected chi connectivity index (χ1v) is 14.1. The van der Waals surface area contributed by atoms with Gasteiger partial charge in [0.25, 0.3) is 0 Å². The summed E-state index contributed by atoms with van der Waals surface area (Å²) in [6.45, 7) is 3.13. The number of ether oxygens (including phenoxy) is 2. The van der Waals surface area contributed by atoms with Crippen LogP contribution in [0, 0.1) is 17.8 Å². The number of aliphatic hydroxyl groups is 3. The Bertz CT molecular complexity index is 667. The highest BCUT2D eigenvalue weighted by atomic mass is 35.5. The van der Waals surface area contributed by atoms with Gasteiger partial charge in [0.05, 0.1) is 17.5 Å². The molecule has 8 nitrogen and oxygen atoms in total. The fraction of sp³-hybridized carbons (Fsp3) is 0.957. The maximum Gasteiger partial charge on any atom is 0.240 e. The third kappa shape index (κ3) is 5.50. The highest BCUT2D eigenvalue weighted by molar-refractivity contribution is 7.99. The van der Waals surface area contributed by atoms with Crippen molar-refractivity contribution in [3.8, 4) is 0 Å². The minimum atomic E-state index is -1.39. The van der Waals surface area contributed by atoms with Crippen LogP contribution in [-0.4, -0.2) is 94.1 Å². The van der Waals surface area contributed by atoms with Crippen molar-refractivity contribution in [3.05, 3.63) is 0 Å². The number of hydrogen-bond acceptors (Lipinski definition) is 8. The smallest absolute Gasteiger partial charge is 0.240 e. The highest BCUT2D eigenvalue weighted by Crippen LogP contribution is 2.40. The molecular formula is C23H39ClN2O6S. The number of fused-ring (bicyclic) bond motifs is 1. The molecule has 1 amide bonds. The number of nitrogens with one attached hydrogen (secondary N) is 2. The number of thioether (sulfide) groups is 1. The molecule has 10 heteroatoms. The molecule has 0 bridgehead atoms. The third-order valence-corrected chi connectivity index (χ3v) is 9.27. The van der Waals surface area contributed by atoms with Crippen molar-refractivity contribution < 1.29 is 29.6 Å². The standard InChI is InChI=1S/C23H39ClN2O6S/c1-11(24)15(21-18(28)17(27)19(29)23(32-21)33-2)26-22(30)16-20-14(10-25-16)9-13(7-8-31-20)12-5-3-4-6-12/h11-21,23,25,27-29H,3-10H2,1-2H3,(H,26,30)/t11-,13+,14-,15+,16-,17?,18?,19+,20+,21+,23?/m0/s1. The van der Waals surface area contributed by atoms with Crippen LogP contribution in [0.3, 0.4) is 0 Å². The van der Waals surface area contributed by atoms with Crippen molar-refractivity contribution >= 4 is 29.3 Å². The van der Waals surface area contributed by atoms with Crippen LogP contribution in [0.1, 0.15) is 45.4 Å². The Labute approximate surface area is 205 Å². The van der Waals surface area contributed by atoms with Crippen LogP contribution in [-0.2, 0) is 14.3 Å². The molecule has 3 saturated heterocycles. The van der Waals surface area contributed by atoms with Crippen molar-refractivity contribution in [2.45, 2.75) is 98.9 Å². The summed E-state index contributed by atoms with van der Waals surface area (Å²) >= 11 is 7.65. The number of halogens is 1. The second-order valence-electron chi connectivity index (χ2n) is 10.2. The summed E-state index contributed by atoms with van der Waals surface area (Å²) in [5, 5.41) is 36.8. The lowest BCUT2D eigenvalue weighted by molar-refractivity contribution is -0.205. The maximum atomic E-state index is 13.3. The van der Waals surface area contributed by atoms with Gasteiger partial charge >= 0.3 is 0 Å². The van der Waals surface area contributed by atoms with E-state index in [9.17, 15) is 20.1 Å². The molecule has 0 aromatic heterocycles. The molecule has 1 saturated carbocycles. The minimum Gasteiger partial charge on any atom is -0.388 e. The minimum absolute atomic E-state index is 0.189. The second-order valence-corrected chi connectivity index (χ2v) is 11.8. The Balaban J connectivity index is 1.41. The van der Waals surface area contributed by atoms with E-state index >= 15 is 0 Å². The molecule has 33 heavy (non-hydrogen) atoms. The Morgan fingerprint density at radius 2 is 1.82 bits per heavy atom. The summed E-state index contributed by atoms with van der Waals surface area (Å²) in [7, 11) is 0. The van der Waals surface area contributed by atoms with Gasteiger partial charge in [-0.3, -0.25) is 4.79 Å². The molecule has 4 aliphatic rings. The van der Waals surface area contributed by atoms with Gasteiger partial charge in [-0.1, -0.05) is 25.7 Å². The van der Waals surface area contributed by atoms with Crippen LogP contribution in [0.15, 0.2) is 0 Å². The van der Waals surface area contributed by atoms with Gasteiger partial charge in [-0.2, -0.15) is 0 Å². The van der Waals surface area contributed by atoms with E-state index in [2.05, 4.69) is 10.6 Å². The van der Waals surface area contributed by atoms with Crippen LogP contribution < -0.4 is 10.6 Å². The first-order chi connectivity index (χ1) is 15.8. The highest BCUT2D eigenvalue weighted by Gasteiger charge is 2.49. The normalized spacial score (nSPS) is 44.1. The molecule has 4 rings (SSSR count). The van der Waals surface area contributed by atoms with Crippen molar-refractivity contribution in [3.63, 3.8) is 0 Å². The van der Waals surface area contributed by atoms with Crippen molar-refractivity contribution in [2.24, 2.45) is 17.8 Å². The van der Waals surface area contributed by atoms with Gasteiger partial charge < -0.3 is 35.4 Å². The van der Waals surface area contributed by atoms with Gasteiger partial charge in [0.15, 0.2) is 0 Å². The molecule has 11 atom stereocenters. The van der Waals surface area contributed by atoms with Crippen LogP contribution in [0.5, 0.6) is 0 Å². The van der Waals surface area contributed by atoms with E-state index < -0.39 is 47.3 Å². The summed E-state index contributed by atoms with van der Waals surface area (Å²) in [4.78, 5) is 13.3. The van der Waals surface area contributed by atoms with E-state index in [0.717, 1.165) is 25.3 Å². The lowest BCUT2D eigenvalue weighted by Crippen LogP contribution is -2.65. The molecule has 190 valence electrons. The van der Waals surface area contributed by atoms with Crippen molar-refractivity contribution in [1.29, 1.82) is 0 Å². The van der Waals surface area contributed by atoms with Crippen LogP contribution in [0.4, 0.5) is 0 Å². The van der Waals surface area contributed by atoms with Gasteiger partial charge in [0, 0.05) is 13.2 Å². The number of hydrogen-bond donors (Lipinski definition) is 5. The summed E-state index contributed by atoms with van der Waals surface area (Å²) in [5.41, 5.74) is -0.727. The predicted molar refractivity (Wildman–Crippen MR) is 127 cm³/mol. The number of aliphatic hydroxyl groups excluding tert-OH is 3. The average molecular weight is 507 g/mol. The molecule has 0 radical (unpaired) electrons. The second kappa shape index (κ2) is 11.3. The maximum absolute atomic E-state index is 13.3. The number of amides is 1. The summed E-state index contributed by atoms with van der Waals surface area (Å²) in [5.74, 6) is 1.52. The predicted octanol–water partition coefficient (Wildman–Crippen LogP) is 0.843. The van der Waals surface area contributed by atoms with Gasteiger partial charge in [0.2, 0.25) is 5.91 Å². The summed E-state index contributed by atoms with van der Waals surface area (Å²) in [6, 6.07) is -1.24. The monoisotopic (exact) mass is 506 g/mol. The first-order valence-electron chi connectivity index (χ1n) is 12.3. The van der Waals surface area contributed by atoms with Gasteiger partial charge in [0.1, 0.15) is 35.9 Å². The fourth-order valence-electron chi connectivity index (χ4n) is 6.27. The van der Waals surface area contributed by atoms with Crippen LogP contribution in [0.25, 0.3) is 0 Å². The third-order valence-electron chi connectivity index (χ3n) is 8.14. The largest absolute Gasteiger partial charge is 0.388 e. The molecule has 3 aliphatic heterocycles. The zero-order valence-corrected chi connectivity index (χ0v) is 21.0. The van der Waals surface area contributed by atoms with E-state index in [1.165, 1.54) is 37.4 Å². The summed E-state index contributed by atoms with van der Waals surface area (Å²) in [6.07, 6.45) is 4.06. The Morgan fingerprint density at radius 1 is 1.09 bits per heavy atom. The van der Waals surface area contributed by atoms with Crippen molar-refractivity contribution in [1.82, 2.24) is 10.6 Å². The fourth-order valence-corrected chi connectivity index (χ4v) is 7.16.